The minimum atomic E-state index is -4.95. The molecule has 0 aromatic heterocycles. The average Bonchev–Trinajstić information content (AvgIpc) is 2.81. The van der Waals surface area contributed by atoms with E-state index in [-0.39, 0.29) is 34.3 Å². The Kier molecular flexibility index (Phi) is 6.94. The van der Waals surface area contributed by atoms with Gasteiger partial charge < -0.3 is 15.7 Å². The maximum absolute atomic E-state index is 12.1. The molecular weight excluding hydrogens is 524 g/mol. The first-order chi connectivity index (χ1) is 17.4. The van der Waals surface area contributed by atoms with Crippen LogP contribution in [0.3, 0.4) is 0 Å². The Balaban J connectivity index is 1.90. The van der Waals surface area contributed by atoms with Crippen LogP contribution < -0.4 is 10.6 Å². The first-order valence-corrected chi connectivity index (χ1v) is 13.4. The minimum absolute atomic E-state index is 0.0270. The highest BCUT2D eigenvalue weighted by atomic mass is 32.2. The lowest BCUT2D eigenvalue weighted by Gasteiger charge is -2.11. The summed E-state index contributed by atoms with van der Waals surface area (Å²) >= 11 is 0. The number of amides is 1. The Morgan fingerprint density at radius 1 is 0.865 bits per heavy atom. The van der Waals surface area contributed by atoms with Gasteiger partial charge in [0.25, 0.3) is 20.2 Å². The summed E-state index contributed by atoms with van der Waals surface area (Å²) in [6.45, 7) is 0.0270. The highest BCUT2D eigenvalue weighted by Gasteiger charge is 2.24. The first kappa shape index (κ1) is 26.1. The quantitative estimate of drug-likeness (QED) is 0.170. The Morgan fingerprint density at radius 3 is 2.27 bits per heavy atom. The van der Waals surface area contributed by atoms with Crippen LogP contribution in [0.25, 0.3) is 21.5 Å². The predicted octanol–water partition coefficient (Wildman–Crippen LogP) is 3.77. The van der Waals surface area contributed by atoms with Crippen LogP contribution in [0.1, 0.15) is 0 Å². The SMILES string of the molecule is CNCC(=O)Nc1ccc2c(O)c(N=Nc3ccc4ccccc4c3S(=O)(=O)O)c(S(=O)(=O)O)cc2c1. The number of phenols is 1. The van der Waals surface area contributed by atoms with Crippen LogP contribution in [0.2, 0.25) is 0 Å². The number of likely N-dealkylation sites (N-methyl/N-ethyl adjacent to an activating group) is 1. The van der Waals surface area contributed by atoms with Crippen molar-refractivity contribution >= 4 is 64.8 Å². The number of nitrogens with one attached hydrogen (secondary N) is 2. The summed E-state index contributed by atoms with van der Waals surface area (Å²) in [4.78, 5) is 10.5. The average molecular weight is 545 g/mol. The third-order valence-corrected chi connectivity index (χ3v) is 7.14. The van der Waals surface area contributed by atoms with Gasteiger partial charge in [-0.15, -0.1) is 10.2 Å². The molecule has 0 aliphatic rings. The largest absolute Gasteiger partial charge is 0.505 e. The number of benzene rings is 4. The third kappa shape index (κ3) is 5.42. The van der Waals surface area contributed by atoms with E-state index in [4.69, 9.17) is 0 Å². The van der Waals surface area contributed by atoms with Crippen molar-refractivity contribution in [2.75, 3.05) is 18.9 Å². The van der Waals surface area contributed by atoms with Gasteiger partial charge >= 0.3 is 0 Å². The highest BCUT2D eigenvalue weighted by molar-refractivity contribution is 7.86. The molecule has 0 bridgehead atoms. The van der Waals surface area contributed by atoms with Crippen molar-refractivity contribution in [3.8, 4) is 5.75 Å². The van der Waals surface area contributed by atoms with E-state index in [1.807, 2.05) is 0 Å². The van der Waals surface area contributed by atoms with Crippen LogP contribution in [0.5, 0.6) is 5.75 Å². The first-order valence-electron chi connectivity index (χ1n) is 10.5. The Morgan fingerprint density at radius 2 is 1.59 bits per heavy atom. The number of fused-ring (bicyclic) bond motifs is 2. The van der Waals surface area contributed by atoms with Gasteiger partial charge in [0.1, 0.15) is 21.2 Å². The fourth-order valence-corrected chi connectivity index (χ4v) is 5.27. The lowest BCUT2D eigenvalue weighted by molar-refractivity contribution is -0.115. The Hall–Kier alpha value is -3.95. The van der Waals surface area contributed by atoms with Gasteiger partial charge in [0.15, 0.2) is 5.75 Å². The Bertz CT molecular complexity index is 1800. The monoisotopic (exact) mass is 544 g/mol. The lowest BCUT2D eigenvalue weighted by atomic mass is 10.1. The van der Waals surface area contributed by atoms with Crippen molar-refractivity contribution in [1.29, 1.82) is 0 Å². The van der Waals surface area contributed by atoms with Gasteiger partial charge in [0.05, 0.1) is 6.54 Å². The molecular formula is C23H20N4O8S2. The number of rotatable bonds is 7. The number of nitrogens with zero attached hydrogens (tertiary/aromatic N) is 2. The van der Waals surface area contributed by atoms with Crippen LogP contribution in [-0.4, -0.2) is 50.5 Å². The number of anilines is 1. The molecule has 0 saturated carbocycles. The van der Waals surface area contributed by atoms with E-state index in [0.29, 0.717) is 11.1 Å². The molecule has 0 atom stereocenters. The molecule has 192 valence electrons. The van der Waals surface area contributed by atoms with Crippen molar-refractivity contribution in [2.45, 2.75) is 9.79 Å². The second-order valence-corrected chi connectivity index (χ2v) is 10.6. The number of carbonyl (C=O) groups is 1. The van der Waals surface area contributed by atoms with Gasteiger partial charge in [0, 0.05) is 16.5 Å². The number of aromatic hydroxyl groups is 1. The highest BCUT2D eigenvalue weighted by Crippen LogP contribution is 2.43. The molecule has 12 nitrogen and oxygen atoms in total. The zero-order valence-corrected chi connectivity index (χ0v) is 20.7. The van der Waals surface area contributed by atoms with E-state index in [1.54, 1.807) is 25.2 Å². The lowest BCUT2D eigenvalue weighted by Crippen LogP contribution is -2.24. The van der Waals surface area contributed by atoms with Crippen molar-refractivity contribution in [2.24, 2.45) is 10.2 Å². The van der Waals surface area contributed by atoms with Crippen LogP contribution in [0.15, 0.2) is 80.7 Å². The smallest absolute Gasteiger partial charge is 0.297 e. The summed E-state index contributed by atoms with van der Waals surface area (Å²) in [5, 5.41) is 24.5. The third-order valence-electron chi connectivity index (χ3n) is 5.32. The standard InChI is InChI=1S/C23H20N4O8S2/c1-24-12-20(28)25-15-7-8-16-14(10-15)11-19(36(30,31)32)21(22(16)29)27-26-18-9-6-13-4-2-3-5-17(13)23(18)37(33,34)35/h2-11,24,29H,12H2,1H3,(H,25,28)(H,30,31,32)(H,33,34,35). The van der Waals surface area contributed by atoms with Gasteiger partial charge in [-0.3, -0.25) is 13.9 Å². The number of azo groups is 1. The molecule has 14 heteroatoms. The van der Waals surface area contributed by atoms with Crippen LogP contribution in [0, 0.1) is 0 Å². The number of carbonyl (C=O) groups excluding carboxylic acids is 1. The van der Waals surface area contributed by atoms with Crippen molar-refractivity contribution in [3.63, 3.8) is 0 Å². The second kappa shape index (κ2) is 9.84. The van der Waals surface area contributed by atoms with Crippen molar-refractivity contribution < 1.29 is 35.8 Å². The van der Waals surface area contributed by atoms with Crippen LogP contribution in [-0.2, 0) is 25.0 Å². The number of hydrogen-bond donors (Lipinski definition) is 5. The molecule has 0 radical (unpaired) electrons. The molecule has 37 heavy (non-hydrogen) atoms. The van der Waals surface area contributed by atoms with E-state index >= 15 is 0 Å². The topological polar surface area (TPSA) is 195 Å². The zero-order chi connectivity index (χ0) is 27.0. The summed E-state index contributed by atoms with van der Waals surface area (Å²) in [5.74, 6) is -1.03. The molecule has 0 spiro atoms. The maximum Gasteiger partial charge on any atom is 0.297 e. The molecule has 0 aliphatic heterocycles. The van der Waals surface area contributed by atoms with Gasteiger partial charge in [-0.2, -0.15) is 16.8 Å². The van der Waals surface area contributed by atoms with Crippen molar-refractivity contribution in [3.05, 3.63) is 60.7 Å². The Labute approximate surface area is 211 Å². The number of hydrogen-bond acceptors (Lipinski definition) is 9. The molecule has 0 saturated heterocycles. The molecule has 0 aliphatic carbocycles. The molecule has 4 aromatic carbocycles. The van der Waals surface area contributed by atoms with Gasteiger partial charge in [-0.1, -0.05) is 30.3 Å². The summed E-state index contributed by atoms with van der Waals surface area (Å²) in [6.07, 6.45) is 0. The second-order valence-electron chi connectivity index (χ2n) is 7.87. The van der Waals surface area contributed by atoms with Gasteiger partial charge in [-0.25, -0.2) is 0 Å². The van der Waals surface area contributed by atoms with Gasteiger partial charge in [0.2, 0.25) is 5.91 Å². The van der Waals surface area contributed by atoms with Crippen molar-refractivity contribution in [1.82, 2.24) is 5.32 Å². The van der Waals surface area contributed by atoms with E-state index in [1.165, 1.54) is 36.4 Å². The fourth-order valence-electron chi connectivity index (χ4n) is 3.77. The molecule has 5 N–H and O–H groups in total. The fraction of sp³-hybridized carbons (Fsp3) is 0.0870. The predicted molar refractivity (Wildman–Crippen MR) is 136 cm³/mol. The van der Waals surface area contributed by atoms with E-state index in [9.17, 15) is 35.8 Å². The van der Waals surface area contributed by atoms with E-state index in [0.717, 1.165) is 6.07 Å². The summed E-state index contributed by atoms with van der Waals surface area (Å²) in [7, 11) is -8.15. The normalized spacial score (nSPS) is 12.4. The van der Waals surface area contributed by atoms with E-state index < -0.39 is 41.5 Å². The molecule has 1 amide bonds. The summed E-state index contributed by atoms with van der Waals surface area (Å²) < 4.78 is 68.2. The van der Waals surface area contributed by atoms with Gasteiger partial charge in [-0.05, 0) is 48.2 Å². The summed E-state index contributed by atoms with van der Waals surface area (Å²) in [6, 6.07) is 14.3. The van der Waals surface area contributed by atoms with Crippen LogP contribution in [0.4, 0.5) is 17.1 Å². The number of phenolic OH excluding ortho intramolecular Hbond substituents is 1. The zero-order valence-electron chi connectivity index (χ0n) is 19.1. The molecule has 0 heterocycles. The maximum atomic E-state index is 12.1. The molecule has 4 rings (SSSR count). The minimum Gasteiger partial charge on any atom is -0.505 e. The molecule has 0 unspecified atom stereocenters. The van der Waals surface area contributed by atoms with Crippen LogP contribution >= 0.6 is 0 Å². The molecule has 0 fully saturated rings. The van der Waals surface area contributed by atoms with E-state index in [2.05, 4.69) is 20.9 Å². The molecule has 4 aromatic rings. The summed E-state index contributed by atoms with van der Waals surface area (Å²) in [5.41, 5.74) is -0.683.